The number of carbonyl (C=O) groups is 3. The molecule has 0 aromatic heterocycles. The van der Waals surface area contributed by atoms with Crippen LogP contribution in [-0.4, -0.2) is 52.3 Å². The molecule has 0 saturated carbocycles. The Morgan fingerprint density at radius 1 is 1.30 bits per heavy atom. The van der Waals surface area contributed by atoms with Crippen LogP contribution in [0.5, 0.6) is 0 Å². The van der Waals surface area contributed by atoms with Gasteiger partial charge in [-0.1, -0.05) is 32.0 Å². The van der Waals surface area contributed by atoms with Gasteiger partial charge in [-0.3, -0.25) is 14.4 Å². The molecule has 23 heavy (non-hydrogen) atoms. The molecule has 0 unspecified atom stereocenters. The molecule has 0 atom stereocenters. The third-order valence-corrected chi connectivity index (χ3v) is 3.76. The number of hydrogen-bond acceptors (Lipinski definition) is 3. The van der Waals surface area contributed by atoms with Crippen LogP contribution >= 0.6 is 0 Å². The number of amides is 2. The van der Waals surface area contributed by atoms with E-state index in [2.05, 4.69) is 0 Å². The fraction of sp³-hybridized carbons (Fsp3) is 0.471. The zero-order valence-electron chi connectivity index (χ0n) is 13.5. The molecule has 1 heterocycles. The highest BCUT2D eigenvalue weighted by Gasteiger charge is 2.29. The lowest BCUT2D eigenvalue weighted by atomic mass is 10.1. The number of nitrogens with zero attached hydrogens (tertiary/aromatic N) is 2. The highest BCUT2D eigenvalue weighted by molar-refractivity contribution is 6.00. The van der Waals surface area contributed by atoms with E-state index in [1.807, 2.05) is 26.0 Å². The molecule has 2 amide bonds. The second-order valence-corrected chi connectivity index (χ2v) is 6.20. The van der Waals surface area contributed by atoms with Crippen LogP contribution in [-0.2, 0) is 16.1 Å². The number of carboxylic acids is 1. The summed E-state index contributed by atoms with van der Waals surface area (Å²) in [6.45, 7) is 5.01. The number of benzene rings is 1. The molecule has 0 spiro atoms. The quantitative estimate of drug-likeness (QED) is 0.828. The van der Waals surface area contributed by atoms with Gasteiger partial charge >= 0.3 is 5.97 Å². The first kappa shape index (κ1) is 17.0. The Morgan fingerprint density at radius 3 is 2.61 bits per heavy atom. The maximum absolute atomic E-state index is 12.5. The van der Waals surface area contributed by atoms with Crippen LogP contribution < -0.4 is 0 Å². The van der Waals surface area contributed by atoms with Gasteiger partial charge in [-0.25, -0.2) is 0 Å². The van der Waals surface area contributed by atoms with E-state index in [9.17, 15) is 14.4 Å². The second-order valence-electron chi connectivity index (χ2n) is 6.20. The van der Waals surface area contributed by atoms with Gasteiger partial charge in [-0.15, -0.1) is 0 Å². The number of carboxylic acid groups (broad SMARTS) is 1. The Kier molecular flexibility index (Phi) is 5.36. The van der Waals surface area contributed by atoms with Crippen molar-refractivity contribution in [3.8, 4) is 0 Å². The average molecular weight is 318 g/mol. The summed E-state index contributed by atoms with van der Waals surface area (Å²) in [6.07, 6.45) is -0.0906. The van der Waals surface area contributed by atoms with Crippen LogP contribution in [0, 0.1) is 5.92 Å². The molecular weight excluding hydrogens is 296 g/mol. The van der Waals surface area contributed by atoms with Crippen molar-refractivity contribution in [2.45, 2.75) is 26.8 Å². The van der Waals surface area contributed by atoms with Crippen LogP contribution in [0.15, 0.2) is 24.3 Å². The summed E-state index contributed by atoms with van der Waals surface area (Å²) in [4.78, 5) is 38.6. The Morgan fingerprint density at radius 2 is 2.00 bits per heavy atom. The van der Waals surface area contributed by atoms with Crippen molar-refractivity contribution in [1.29, 1.82) is 0 Å². The lowest BCUT2D eigenvalue weighted by Gasteiger charge is -2.26. The Hall–Kier alpha value is -2.37. The topological polar surface area (TPSA) is 77.9 Å². The summed E-state index contributed by atoms with van der Waals surface area (Å²) in [5.74, 6) is -1.05. The van der Waals surface area contributed by atoms with Crippen LogP contribution in [0.2, 0.25) is 0 Å². The number of carbonyl (C=O) groups excluding carboxylic acids is 2. The third-order valence-electron chi connectivity index (χ3n) is 3.76. The largest absolute Gasteiger partial charge is 0.481 e. The molecule has 1 aliphatic rings. The Balaban J connectivity index is 2.01. The van der Waals surface area contributed by atoms with E-state index in [0.717, 1.165) is 5.56 Å². The summed E-state index contributed by atoms with van der Waals surface area (Å²) in [5.41, 5.74) is 1.56. The molecule has 1 aliphatic heterocycles. The smallest absolute Gasteiger partial charge is 0.305 e. The predicted octanol–water partition coefficient (Wildman–Crippen LogP) is 1.60. The molecular formula is C17H22N2O4. The van der Waals surface area contributed by atoms with Crippen LogP contribution in [0.3, 0.4) is 0 Å². The van der Waals surface area contributed by atoms with Gasteiger partial charge < -0.3 is 14.9 Å². The average Bonchev–Trinajstić information content (AvgIpc) is 2.80. The zero-order chi connectivity index (χ0) is 17.0. The van der Waals surface area contributed by atoms with Crippen molar-refractivity contribution in [2.24, 2.45) is 5.92 Å². The summed E-state index contributed by atoms with van der Waals surface area (Å²) in [7, 11) is 0. The van der Waals surface area contributed by atoms with Crippen molar-refractivity contribution >= 4 is 17.8 Å². The summed E-state index contributed by atoms with van der Waals surface area (Å²) in [5, 5.41) is 8.82. The first-order chi connectivity index (χ1) is 10.9. The minimum absolute atomic E-state index is 0.0140. The molecule has 0 fully saturated rings. The molecule has 6 nitrogen and oxygen atoms in total. The van der Waals surface area contributed by atoms with Gasteiger partial charge in [0.1, 0.15) is 6.54 Å². The van der Waals surface area contributed by atoms with Crippen LogP contribution in [0.4, 0.5) is 0 Å². The number of rotatable bonds is 7. The lowest BCUT2D eigenvalue weighted by molar-refractivity contribution is -0.139. The number of fused-ring (bicyclic) bond motifs is 1. The zero-order valence-corrected chi connectivity index (χ0v) is 13.5. The SMILES string of the molecule is CC(C)CN(CCC(=O)O)C(=O)CN1Cc2ccccc2C1=O. The van der Waals surface area contributed by atoms with Gasteiger partial charge in [-0.05, 0) is 17.5 Å². The summed E-state index contributed by atoms with van der Waals surface area (Å²) < 4.78 is 0. The van der Waals surface area contributed by atoms with Crippen molar-refractivity contribution in [3.05, 3.63) is 35.4 Å². The van der Waals surface area contributed by atoms with Gasteiger partial charge in [0.15, 0.2) is 0 Å². The highest BCUT2D eigenvalue weighted by atomic mass is 16.4. The normalized spacial score (nSPS) is 13.3. The van der Waals surface area contributed by atoms with Gasteiger partial charge in [-0.2, -0.15) is 0 Å². The van der Waals surface area contributed by atoms with Gasteiger partial charge in [0.25, 0.3) is 5.91 Å². The molecule has 1 aromatic carbocycles. The fourth-order valence-electron chi connectivity index (χ4n) is 2.69. The number of aliphatic carboxylic acids is 1. The van der Waals surface area contributed by atoms with Crippen molar-refractivity contribution in [1.82, 2.24) is 9.80 Å². The summed E-state index contributed by atoms with van der Waals surface area (Å²) in [6, 6.07) is 7.32. The molecule has 124 valence electrons. The molecule has 1 aromatic rings. The molecule has 6 heteroatoms. The first-order valence-corrected chi connectivity index (χ1v) is 7.75. The van der Waals surface area contributed by atoms with E-state index in [0.29, 0.717) is 18.7 Å². The molecule has 0 bridgehead atoms. The van der Waals surface area contributed by atoms with Crippen molar-refractivity contribution < 1.29 is 19.5 Å². The van der Waals surface area contributed by atoms with Gasteiger partial charge in [0.2, 0.25) is 5.91 Å². The molecule has 2 rings (SSSR count). The van der Waals surface area contributed by atoms with E-state index in [1.165, 1.54) is 9.80 Å². The van der Waals surface area contributed by atoms with Crippen LogP contribution in [0.25, 0.3) is 0 Å². The Labute approximate surface area is 135 Å². The molecule has 1 N–H and O–H groups in total. The number of hydrogen-bond donors (Lipinski definition) is 1. The maximum Gasteiger partial charge on any atom is 0.305 e. The first-order valence-electron chi connectivity index (χ1n) is 7.75. The fourth-order valence-corrected chi connectivity index (χ4v) is 2.69. The second kappa shape index (κ2) is 7.26. The Bertz CT molecular complexity index is 612. The van der Waals surface area contributed by atoms with Crippen molar-refractivity contribution in [2.75, 3.05) is 19.6 Å². The minimum Gasteiger partial charge on any atom is -0.481 e. The summed E-state index contributed by atoms with van der Waals surface area (Å²) >= 11 is 0. The highest BCUT2D eigenvalue weighted by Crippen LogP contribution is 2.22. The van der Waals surface area contributed by atoms with E-state index in [4.69, 9.17) is 5.11 Å². The molecule has 0 saturated heterocycles. The predicted molar refractivity (Wildman–Crippen MR) is 84.9 cm³/mol. The van der Waals surface area contributed by atoms with E-state index in [-0.39, 0.29) is 37.2 Å². The monoisotopic (exact) mass is 318 g/mol. The van der Waals surface area contributed by atoms with E-state index in [1.54, 1.807) is 12.1 Å². The van der Waals surface area contributed by atoms with E-state index >= 15 is 0 Å². The lowest BCUT2D eigenvalue weighted by Crippen LogP contribution is -2.43. The van der Waals surface area contributed by atoms with E-state index < -0.39 is 5.97 Å². The maximum atomic E-state index is 12.5. The minimum atomic E-state index is -0.934. The third kappa shape index (κ3) is 4.31. The van der Waals surface area contributed by atoms with Crippen molar-refractivity contribution in [3.63, 3.8) is 0 Å². The standard InChI is InChI=1S/C17H22N2O4/c1-12(2)9-18(8-7-16(21)22)15(20)11-19-10-13-5-3-4-6-14(13)17(19)23/h3-6,12H,7-11H2,1-2H3,(H,21,22). The van der Waals surface area contributed by atoms with Crippen LogP contribution in [0.1, 0.15) is 36.2 Å². The molecule has 0 radical (unpaired) electrons. The van der Waals surface area contributed by atoms with Gasteiger partial charge in [0.05, 0.1) is 6.42 Å². The molecule has 0 aliphatic carbocycles. The van der Waals surface area contributed by atoms with Gasteiger partial charge in [0, 0.05) is 25.2 Å².